The summed E-state index contributed by atoms with van der Waals surface area (Å²) in [5.74, 6) is -2.07. The van der Waals surface area contributed by atoms with Crippen LogP contribution in [0.25, 0.3) is 0 Å². The molecular formula is C10H12N2O4. The van der Waals surface area contributed by atoms with Crippen LogP contribution in [0.5, 0.6) is 0 Å². The average molecular weight is 224 g/mol. The molecule has 0 unspecified atom stereocenters. The van der Waals surface area contributed by atoms with Crippen molar-refractivity contribution in [3.63, 3.8) is 0 Å². The number of ketones is 1. The summed E-state index contributed by atoms with van der Waals surface area (Å²) in [6.45, 7) is 4.00. The molecule has 16 heavy (non-hydrogen) atoms. The Labute approximate surface area is 92.2 Å². The Morgan fingerprint density at radius 3 is 2.31 bits per heavy atom. The van der Waals surface area contributed by atoms with Gasteiger partial charge >= 0.3 is 0 Å². The second-order valence-corrected chi connectivity index (χ2v) is 2.50. The van der Waals surface area contributed by atoms with Crippen LogP contribution in [-0.2, 0) is 4.79 Å². The molecule has 1 aromatic rings. The van der Waals surface area contributed by atoms with E-state index in [2.05, 4.69) is 0 Å². The smallest absolute Gasteiger partial charge is 0.289 e. The Hall–Kier alpha value is -2.24. The molecule has 2 N–H and O–H groups in total. The van der Waals surface area contributed by atoms with Crippen molar-refractivity contribution in [3.8, 4) is 0 Å². The van der Waals surface area contributed by atoms with Crippen molar-refractivity contribution >= 4 is 17.4 Å². The number of non-ortho nitro benzene ring substituents is 1. The van der Waals surface area contributed by atoms with E-state index in [1.807, 2.05) is 13.8 Å². The fourth-order valence-electron chi connectivity index (χ4n) is 0.903. The predicted molar refractivity (Wildman–Crippen MR) is 58.0 cm³/mol. The molecule has 0 aliphatic heterocycles. The van der Waals surface area contributed by atoms with Gasteiger partial charge in [0.25, 0.3) is 11.6 Å². The number of nitrogens with zero attached hydrogens (tertiary/aromatic N) is 1. The van der Waals surface area contributed by atoms with E-state index in [9.17, 15) is 19.7 Å². The summed E-state index contributed by atoms with van der Waals surface area (Å²) in [5.41, 5.74) is 4.41. The Morgan fingerprint density at radius 2 is 1.88 bits per heavy atom. The number of nitrogens with two attached hydrogens (primary N) is 1. The molecule has 0 atom stereocenters. The monoisotopic (exact) mass is 224 g/mol. The number of carbonyl (C=O) groups is 2. The van der Waals surface area contributed by atoms with Crippen LogP contribution in [0.15, 0.2) is 24.3 Å². The summed E-state index contributed by atoms with van der Waals surface area (Å²) < 4.78 is 0. The molecule has 0 spiro atoms. The first kappa shape index (κ1) is 13.8. The van der Waals surface area contributed by atoms with Crippen LogP contribution in [0.2, 0.25) is 0 Å². The topological polar surface area (TPSA) is 103 Å². The minimum absolute atomic E-state index is 0.0771. The van der Waals surface area contributed by atoms with E-state index < -0.39 is 16.6 Å². The first-order chi connectivity index (χ1) is 7.52. The molecule has 6 heteroatoms. The van der Waals surface area contributed by atoms with E-state index in [4.69, 9.17) is 5.73 Å². The van der Waals surface area contributed by atoms with Crippen LogP contribution in [0, 0.1) is 10.1 Å². The van der Waals surface area contributed by atoms with Crippen molar-refractivity contribution in [1.29, 1.82) is 0 Å². The van der Waals surface area contributed by atoms with Crippen molar-refractivity contribution in [2.75, 3.05) is 0 Å². The molecule has 0 aromatic heterocycles. The van der Waals surface area contributed by atoms with E-state index in [-0.39, 0.29) is 11.3 Å². The van der Waals surface area contributed by atoms with Crippen molar-refractivity contribution in [2.24, 2.45) is 5.73 Å². The van der Waals surface area contributed by atoms with Crippen LogP contribution >= 0.6 is 0 Å². The largest absolute Gasteiger partial charge is 0.363 e. The highest BCUT2D eigenvalue weighted by molar-refractivity contribution is 6.42. The summed E-state index contributed by atoms with van der Waals surface area (Å²) in [6.07, 6.45) is 0. The predicted octanol–water partition coefficient (Wildman–Crippen LogP) is 1.29. The zero-order chi connectivity index (χ0) is 12.7. The molecular weight excluding hydrogens is 212 g/mol. The molecule has 0 fully saturated rings. The third-order valence-corrected chi connectivity index (χ3v) is 1.54. The van der Waals surface area contributed by atoms with E-state index >= 15 is 0 Å². The van der Waals surface area contributed by atoms with E-state index in [0.717, 1.165) is 6.07 Å². The maximum atomic E-state index is 11.0. The molecule has 86 valence electrons. The van der Waals surface area contributed by atoms with Crippen molar-refractivity contribution in [2.45, 2.75) is 13.8 Å². The molecule has 1 rings (SSSR count). The van der Waals surface area contributed by atoms with Gasteiger partial charge in [-0.25, -0.2) is 0 Å². The zero-order valence-electron chi connectivity index (χ0n) is 8.97. The summed E-state index contributed by atoms with van der Waals surface area (Å²) in [4.78, 5) is 31.2. The van der Waals surface area contributed by atoms with E-state index in [1.165, 1.54) is 18.2 Å². The quantitative estimate of drug-likeness (QED) is 0.361. The van der Waals surface area contributed by atoms with E-state index in [1.54, 1.807) is 0 Å². The van der Waals surface area contributed by atoms with Gasteiger partial charge in [-0.15, -0.1) is 0 Å². The van der Waals surface area contributed by atoms with Gasteiger partial charge in [0, 0.05) is 17.7 Å². The number of benzene rings is 1. The molecule has 0 aliphatic rings. The number of carbonyl (C=O) groups excluding carboxylic acids is 2. The van der Waals surface area contributed by atoms with Crippen LogP contribution in [0.4, 0.5) is 5.69 Å². The van der Waals surface area contributed by atoms with E-state index in [0.29, 0.717) is 0 Å². The summed E-state index contributed by atoms with van der Waals surface area (Å²) in [7, 11) is 0. The van der Waals surface area contributed by atoms with Gasteiger partial charge in [-0.1, -0.05) is 26.0 Å². The summed E-state index contributed by atoms with van der Waals surface area (Å²) >= 11 is 0. The van der Waals surface area contributed by atoms with Gasteiger partial charge in [-0.2, -0.15) is 0 Å². The molecule has 0 heterocycles. The molecule has 1 aromatic carbocycles. The highest BCUT2D eigenvalue weighted by Crippen LogP contribution is 2.13. The standard InChI is InChI=1S/C8H6N2O4.C2H6/c9-8(12)7(11)5-2-1-3-6(4-5)10(13)14;1-2/h1-4H,(H2,9,12);1-2H3. The molecule has 0 saturated carbocycles. The molecule has 6 nitrogen and oxygen atoms in total. The maximum Gasteiger partial charge on any atom is 0.289 e. The molecule has 0 radical (unpaired) electrons. The number of nitro benzene ring substituents is 1. The normalized spacial score (nSPS) is 8.62. The van der Waals surface area contributed by atoms with Gasteiger partial charge in [-0.3, -0.25) is 19.7 Å². The Morgan fingerprint density at radius 1 is 1.31 bits per heavy atom. The second kappa shape index (κ2) is 6.28. The number of hydrogen-bond donors (Lipinski definition) is 1. The number of Topliss-reactive ketones (excluding diaryl/α,β-unsaturated/α-hetero) is 1. The van der Waals surface area contributed by atoms with Crippen molar-refractivity contribution in [1.82, 2.24) is 0 Å². The zero-order valence-corrected chi connectivity index (χ0v) is 8.97. The summed E-state index contributed by atoms with van der Waals surface area (Å²) in [5, 5.41) is 10.3. The minimum atomic E-state index is -1.13. The SMILES string of the molecule is CC.NC(=O)C(=O)c1cccc([N+](=O)[O-])c1. The number of amides is 1. The highest BCUT2D eigenvalue weighted by Gasteiger charge is 2.15. The van der Waals surface area contributed by atoms with Crippen LogP contribution in [0.1, 0.15) is 24.2 Å². The van der Waals surface area contributed by atoms with Crippen molar-refractivity contribution in [3.05, 3.63) is 39.9 Å². The van der Waals surface area contributed by atoms with Gasteiger partial charge in [0.2, 0.25) is 5.78 Å². The first-order valence-corrected chi connectivity index (χ1v) is 4.61. The molecule has 0 saturated heterocycles. The molecule has 0 aliphatic carbocycles. The van der Waals surface area contributed by atoms with Gasteiger partial charge in [0.15, 0.2) is 0 Å². The Balaban J connectivity index is 0.00000106. The third-order valence-electron chi connectivity index (χ3n) is 1.54. The number of hydrogen-bond acceptors (Lipinski definition) is 4. The highest BCUT2D eigenvalue weighted by atomic mass is 16.6. The van der Waals surface area contributed by atoms with Gasteiger partial charge < -0.3 is 5.73 Å². The van der Waals surface area contributed by atoms with Gasteiger partial charge in [-0.05, 0) is 0 Å². The third kappa shape index (κ3) is 3.49. The lowest BCUT2D eigenvalue weighted by molar-refractivity contribution is -0.384. The van der Waals surface area contributed by atoms with Crippen LogP contribution in [0.3, 0.4) is 0 Å². The van der Waals surface area contributed by atoms with Gasteiger partial charge in [0.05, 0.1) is 4.92 Å². The minimum Gasteiger partial charge on any atom is -0.363 e. The van der Waals surface area contributed by atoms with Gasteiger partial charge in [0.1, 0.15) is 0 Å². The van der Waals surface area contributed by atoms with Crippen LogP contribution < -0.4 is 5.73 Å². The van der Waals surface area contributed by atoms with Crippen molar-refractivity contribution < 1.29 is 14.5 Å². The molecule has 0 bridgehead atoms. The lowest BCUT2D eigenvalue weighted by atomic mass is 10.1. The fraction of sp³-hybridized carbons (Fsp3) is 0.200. The average Bonchev–Trinajstić information content (AvgIpc) is 2.30. The van der Waals surface area contributed by atoms with Crippen LogP contribution in [-0.4, -0.2) is 16.6 Å². The number of rotatable bonds is 3. The first-order valence-electron chi connectivity index (χ1n) is 4.61. The molecule has 1 amide bonds. The fourth-order valence-corrected chi connectivity index (χ4v) is 0.903. The maximum absolute atomic E-state index is 11.0. The lowest BCUT2D eigenvalue weighted by Gasteiger charge is -1.95. The number of nitro groups is 1. The lowest BCUT2D eigenvalue weighted by Crippen LogP contribution is -2.23. The number of primary amides is 1. The Bertz CT molecular complexity index is 415. The second-order valence-electron chi connectivity index (χ2n) is 2.50. The Kier molecular flexibility index (Phi) is 5.40. The summed E-state index contributed by atoms with van der Waals surface area (Å²) in [6, 6.07) is 4.83.